The summed E-state index contributed by atoms with van der Waals surface area (Å²) in [6.45, 7) is 2.91. The summed E-state index contributed by atoms with van der Waals surface area (Å²) < 4.78 is 5.39. The Labute approximate surface area is 148 Å². The number of para-hydroxylation sites is 1. The molecule has 0 atom stereocenters. The Bertz CT molecular complexity index is 622. The van der Waals surface area contributed by atoms with E-state index in [4.69, 9.17) is 4.74 Å². The predicted molar refractivity (Wildman–Crippen MR) is 93.1 cm³/mol. The van der Waals surface area contributed by atoms with Crippen LogP contribution in [-0.2, 0) is 15.2 Å². The Morgan fingerprint density at radius 1 is 1.08 bits per heavy atom. The average molecular weight is 346 g/mol. The van der Waals surface area contributed by atoms with Crippen molar-refractivity contribution in [3.63, 3.8) is 0 Å². The van der Waals surface area contributed by atoms with E-state index in [0.717, 1.165) is 37.4 Å². The van der Waals surface area contributed by atoms with Crippen molar-refractivity contribution in [3.05, 3.63) is 29.8 Å². The molecule has 1 aromatic carbocycles. The number of rotatable bonds is 6. The van der Waals surface area contributed by atoms with E-state index in [2.05, 4.69) is 4.90 Å². The van der Waals surface area contributed by atoms with Gasteiger partial charge in [0.25, 0.3) is 0 Å². The number of carbonyl (C=O) groups excluding carboxylic acids is 2. The molecule has 2 aliphatic rings. The molecule has 2 amide bonds. The molecule has 136 valence electrons. The molecule has 1 N–H and O–H groups in total. The number of likely N-dealkylation sites (tertiary alicyclic amines) is 2. The molecular formula is C19H26N2O4. The summed E-state index contributed by atoms with van der Waals surface area (Å²) in [6.07, 6.45) is 2.79. The smallest absolute Gasteiger partial charge is 0.229 e. The lowest BCUT2D eigenvalue weighted by Crippen LogP contribution is -2.43. The van der Waals surface area contributed by atoms with Crippen molar-refractivity contribution in [2.45, 2.75) is 37.7 Å². The summed E-state index contributed by atoms with van der Waals surface area (Å²) in [6, 6.07) is 7.64. The van der Waals surface area contributed by atoms with Gasteiger partial charge < -0.3 is 14.7 Å². The first-order chi connectivity index (χ1) is 12.0. The molecule has 3 rings (SSSR count). The van der Waals surface area contributed by atoms with E-state index in [1.54, 1.807) is 7.11 Å². The first-order valence-corrected chi connectivity index (χ1v) is 8.95. The van der Waals surface area contributed by atoms with Crippen LogP contribution in [0, 0.1) is 0 Å². The fourth-order valence-electron chi connectivity index (χ4n) is 3.77. The monoisotopic (exact) mass is 346 g/mol. The molecule has 2 fully saturated rings. The van der Waals surface area contributed by atoms with Crippen LogP contribution >= 0.6 is 0 Å². The molecular weight excluding hydrogens is 320 g/mol. The minimum absolute atomic E-state index is 0.0470. The third-order valence-electron chi connectivity index (χ3n) is 5.30. The first-order valence-electron chi connectivity index (χ1n) is 8.95. The van der Waals surface area contributed by atoms with Crippen LogP contribution < -0.4 is 4.74 Å². The second-order valence-corrected chi connectivity index (χ2v) is 6.87. The number of hydrogen-bond donors (Lipinski definition) is 1. The van der Waals surface area contributed by atoms with Gasteiger partial charge in [-0.25, -0.2) is 0 Å². The van der Waals surface area contributed by atoms with Crippen molar-refractivity contribution in [3.8, 4) is 5.75 Å². The van der Waals surface area contributed by atoms with Crippen molar-refractivity contribution >= 4 is 11.8 Å². The van der Waals surface area contributed by atoms with E-state index < -0.39 is 5.60 Å². The maximum Gasteiger partial charge on any atom is 0.229 e. The lowest BCUT2D eigenvalue weighted by atomic mass is 9.84. The molecule has 2 saturated heterocycles. The number of amides is 2. The molecule has 0 bridgehead atoms. The van der Waals surface area contributed by atoms with Gasteiger partial charge in [0.1, 0.15) is 5.75 Å². The van der Waals surface area contributed by atoms with Gasteiger partial charge in [-0.2, -0.15) is 0 Å². The zero-order valence-electron chi connectivity index (χ0n) is 14.7. The van der Waals surface area contributed by atoms with E-state index >= 15 is 0 Å². The quantitative estimate of drug-likeness (QED) is 0.791. The molecule has 0 saturated carbocycles. The number of hydrogen-bond acceptors (Lipinski definition) is 5. The molecule has 1 aromatic rings. The van der Waals surface area contributed by atoms with Gasteiger partial charge in [-0.05, 0) is 31.9 Å². The number of carbonyl (C=O) groups is 2. The van der Waals surface area contributed by atoms with Gasteiger partial charge in [0.2, 0.25) is 11.8 Å². The maximum atomic E-state index is 11.6. The highest BCUT2D eigenvalue weighted by Crippen LogP contribution is 2.37. The Morgan fingerprint density at radius 3 is 2.36 bits per heavy atom. The highest BCUT2D eigenvalue weighted by Gasteiger charge is 2.36. The van der Waals surface area contributed by atoms with Gasteiger partial charge in [-0.1, -0.05) is 18.2 Å². The van der Waals surface area contributed by atoms with Crippen LogP contribution in [-0.4, -0.2) is 60.0 Å². The van der Waals surface area contributed by atoms with Gasteiger partial charge >= 0.3 is 0 Å². The zero-order valence-corrected chi connectivity index (χ0v) is 14.7. The largest absolute Gasteiger partial charge is 0.496 e. The molecule has 0 unspecified atom stereocenters. The summed E-state index contributed by atoms with van der Waals surface area (Å²) in [7, 11) is 1.62. The Balaban J connectivity index is 1.50. The Kier molecular flexibility index (Phi) is 5.39. The van der Waals surface area contributed by atoms with Crippen molar-refractivity contribution < 1.29 is 19.4 Å². The molecule has 0 aromatic heterocycles. The lowest BCUT2D eigenvalue weighted by Gasteiger charge is -2.39. The topological polar surface area (TPSA) is 70.1 Å². The Hall–Kier alpha value is -1.92. The zero-order chi connectivity index (χ0) is 17.9. The third-order valence-corrected chi connectivity index (χ3v) is 5.30. The van der Waals surface area contributed by atoms with Crippen molar-refractivity contribution in [2.24, 2.45) is 0 Å². The molecule has 6 nitrogen and oxygen atoms in total. The van der Waals surface area contributed by atoms with E-state index in [0.29, 0.717) is 32.2 Å². The van der Waals surface area contributed by atoms with Gasteiger partial charge in [0, 0.05) is 38.0 Å². The minimum Gasteiger partial charge on any atom is -0.496 e. The van der Waals surface area contributed by atoms with Crippen molar-refractivity contribution in [1.82, 2.24) is 9.80 Å². The van der Waals surface area contributed by atoms with Crippen LogP contribution in [0.5, 0.6) is 5.75 Å². The predicted octanol–water partition coefficient (Wildman–Crippen LogP) is 1.52. The number of methoxy groups -OCH3 is 1. The maximum absolute atomic E-state index is 11.6. The van der Waals surface area contributed by atoms with Gasteiger partial charge in [0.05, 0.1) is 12.7 Å². The van der Waals surface area contributed by atoms with Crippen LogP contribution in [0.15, 0.2) is 24.3 Å². The normalized spacial score (nSPS) is 21.0. The number of nitrogens with zero attached hydrogens (tertiary/aromatic N) is 2. The molecule has 2 heterocycles. The fraction of sp³-hybridized carbons (Fsp3) is 0.579. The minimum atomic E-state index is -0.857. The van der Waals surface area contributed by atoms with Crippen LogP contribution in [0.4, 0.5) is 0 Å². The first kappa shape index (κ1) is 17.9. The number of imide groups is 1. The van der Waals surface area contributed by atoms with E-state index in [9.17, 15) is 14.7 Å². The standard InChI is InChI=1S/C19H26N2O4/c1-25-16-6-3-2-5-15(16)19(24)9-13-20(14-10-19)11-4-12-21-17(22)7-8-18(21)23/h2-3,5-6,24H,4,7-14H2,1H3. The summed E-state index contributed by atoms with van der Waals surface area (Å²) in [5.74, 6) is 0.632. The summed E-state index contributed by atoms with van der Waals surface area (Å²) in [5, 5.41) is 11.0. The van der Waals surface area contributed by atoms with E-state index in [1.165, 1.54) is 4.90 Å². The molecule has 2 aliphatic heterocycles. The molecule has 6 heteroatoms. The number of aliphatic hydroxyl groups is 1. The SMILES string of the molecule is COc1ccccc1C1(O)CCN(CCCN2C(=O)CCC2=O)CC1. The van der Waals surface area contributed by atoms with Crippen molar-refractivity contribution in [1.29, 1.82) is 0 Å². The molecule has 25 heavy (non-hydrogen) atoms. The second kappa shape index (κ2) is 7.54. The van der Waals surface area contributed by atoms with Gasteiger partial charge in [-0.3, -0.25) is 14.5 Å². The lowest BCUT2D eigenvalue weighted by molar-refractivity contribution is -0.138. The van der Waals surface area contributed by atoms with Crippen LogP contribution in [0.3, 0.4) is 0 Å². The number of ether oxygens (including phenoxy) is 1. The summed E-state index contributed by atoms with van der Waals surface area (Å²) >= 11 is 0. The van der Waals surface area contributed by atoms with Crippen LogP contribution in [0.1, 0.15) is 37.7 Å². The number of benzene rings is 1. The summed E-state index contributed by atoms with van der Waals surface area (Å²) in [5.41, 5.74) is -0.00492. The molecule has 0 radical (unpaired) electrons. The third kappa shape index (κ3) is 3.85. The average Bonchev–Trinajstić information content (AvgIpc) is 2.95. The van der Waals surface area contributed by atoms with E-state index in [1.807, 2.05) is 24.3 Å². The van der Waals surface area contributed by atoms with Gasteiger partial charge in [0.15, 0.2) is 0 Å². The Morgan fingerprint density at radius 2 is 1.72 bits per heavy atom. The van der Waals surface area contributed by atoms with Crippen molar-refractivity contribution in [2.75, 3.05) is 33.3 Å². The van der Waals surface area contributed by atoms with E-state index in [-0.39, 0.29) is 11.8 Å². The van der Waals surface area contributed by atoms with Crippen LogP contribution in [0.25, 0.3) is 0 Å². The molecule has 0 spiro atoms. The molecule has 0 aliphatic carbocycles. The second-order valence-electron chi connectivity index (χ2n) is 6.87. The van der Waals surface area contributed by atoms with Crippen LogP contribution in [0.2, 0.25) is 0 Å². The fourth-order valence-corrected chi connectivity index (χ4v) is 3.77. The highest BCUT2D eigenvalue weighted by atomic mass is 16.5. The number of piperidine rings is 1. The summed E-state index contributed by atoms with van der Waals surface area (Å²) in [4.78, 5) is 26.9. The highest BCUT2D eigenvalue weighted by molar-refractivity contribution is 6.01. The van der Waals surface area contributed by atoms with Gasteiger partial charge in [-0.15, -0.1) is 0 Å².